The average molecular weight is 359 g/mol. The van der Waals surface area contributed by atoms with Crippen LogP contribution in [0.1, 0.15) is 21.3 Å². The third kappa shape index (κ3) is 3.45. The van der Waals surface area contributed by atoms with Crippen LogP contribution in [0.3, 0.4) is 0 Å². The van der Waals surface area contributed by atoms with Crippen molar-refractivity contribution in [3.05, 3.63) is 79.9 Å². The molecule has 2 aromatic rings. The van der Waals surface area contributed by atoms with Crippen LogP contribution in [0.15, 0.2) is 48.5 Å². The highest BCUT2D eigenvalue weighted by atomic mass is 32.2. The Morgan fingerprint density at radius 3 is 2.20 bits per heavy atom. The van der Waals surface area contributed by atoms with E-state index in [1.165, 1.54) is 0 Å². The molecular weight excluding hydrogens is 346 g/mol. The molecule has 9 heteroatoms. The van der Waals surface area contributed by atoms with E-state index in [0.29, 0.717) is 6.54 Å². The summed E-state index contributed by atoms with van der Waals surface area (Å²) in [5.74, 6) is 0.271. The highest BCUT2D eigenvalue weighted by Crippen LogP contribution is 2.39. The Morgan fingerprint density at radius 2 is 1.64 bits per heavy atom. The maximum Gasteiger partial charge on any atom is 0.277 e. The van der Waals surface area contributed by atoms with Gasteiger partial charge < -0.3 is 4.90 Å². The van der Waals surface area contributed by atoms with Crippen molar-refractivity contribution in [3.63, 3.8) is 0 Å². The predicted molar refractivity (Wildman–Crippen MR) is 92.4 cm³/mol. The van der Waals surface area contributed by atoms with Crippen LogP contribution in [-0.2, 0) is 0 Å². The number of nitro benzene ring substituents is 2. The molecule has 0 radical (unpaired) electrons. The smallest absolute Gasteiger partial charge is 0.277 e. The van der Waals surface area contributed by atoms with E-state index in [1.54, 1.807) is 16.7 Å². The van der Waals surface area contributed by atoms with Crippen LogP contribution in [0, 0.1) is 20.2 Å². The first-order valence-electron chi connectivity index (χ1n) is 7.39. The van der Waals surface area contributed by atoms with Crippen molar-refractivity contribution in [2.24, 2.45) is 0 Å². The van der Waals surface area contributed by atoms with Gasteiger partial charge in [-0.15, -0.1) is 11.8 Å². The summed E-state index contributed by atoms with van der Waals surface area (Å²) in [6.45, 7) is 0.472. The summed E-state index contributed by atoms with van der Waals surface area (Å²) < 4.78 is 0. The second-order valence-electron chi connectivity index (χ2n) is 5.38. The largest absolute Gasteiger partial charge is 0.322 e. The molecule has 1 aliphatic rings. The Morgan fingerprint density at radius 1 is 1.04 bits per heavy atom. The topological polar surface area (TPSA) is 107 Å². The molecule has 1 heterocycles. The van der Waals surface area contributed by atoms with Gasteiger partial charge in [-0.25, -0.2) is 0 Å². The van der Waals surface area contributed by atoms with Crippen LogP contribution in [0.5, 0.6) is 0 Å². The summed E-state index contributed by atoms with van der Waals surface area (Å²) in [6.07, 6.45) is 0. The van der Waals surface area contributed by atoms with E-state index >= 15 is 0 Å². The second kappa shape index (κ2) is 6.89. The average Bonchev–Trinajstić information content (AvgIpc) is 3.11. The van der Waals surface area contributed by atoms with Gasteiger partial charge in [-0.05, 0) is 5.56 Å². The summed E-state index contributed by atoms with van der Waals surface area (Å²) in [5.41, 5.74) is -0.0519. The molecule has 0 spiro atoms. The molecular formula is C16H13N3O5S. The molecule has 2 aromatic carbocycles. The van der Waals surface area contributed by atoms with E-state index in [4.69, 9.17) is 0 Å². The first-order chi connectivity index (χ1) is 12.0. The van der Waals surface area contributed by atoms with E-state index in [1.807, 2.05) is 30.3 Å². The van der Waals surface area contributed by atoms with Gasteiger partial charge >= 0.3 is 0 Å². The van der Waals surface area contributed by atoms with Crippen molar-refractivity contribution in [1.29, 1.82) is 0 Å². The van der Waals surface area contributed by atoms with E-state index in [-0.39, 0.29) is 10.9 Å². The standard InChI is InChI=1S/C16H13N3O5S/c20-15(12-8-13(18(21)22)10-14(9-12)19(23)24)17-6-7-25-16(17)11-4-2-1-3-5-11/h1-5,8-10,16H,6-7H2. The summed E-state index contributed by atoms with van der Waals surface area (Å²) in [6, 6.07) is 12.4. The Bertz CT molecular complexity index is 811. The van der Waals surface area contributed by atoms with E-state index in [2.05, 4.69) is 0 Å². The van der Waals surface area contributed by atoms with Gasteiger partial charge in [0.1, 0.15) is 5.37 Å². The lowest BCUT2D eigenvalue weighted by Crippen LogP contribution is -2.30. The first kappa shape index (κ1) is 16.9. The Hall–Kier alpha value is -2.94. The number of nitrogens with zero attached hydrogens (tertiary/aromatic N) is 3. The summed E-state index contributed by atoms with van der Waals surface area (Å²) in [4.78, 5) is 35.0. The predicted octanol–water partition coefficient (Wildman–Crippen LogP) is 3.39. The third-order valence-electron chi connectivity index (χ3n) is 3.81. The van der Waals surface area contributed by atoms with Gasteiger partial charge in [0.2, 0.25) is 0 Å². The van der Waals surface area contributed by atoms with Gasteiger partial charge in [0.25, 0.3) is 17.3 Å². The summed E-state index contributed by atoms with van der Waals surface area (Å²) in [7, 11) is 0. The monoisotopic (exact) mass is 359 g/mol. The Kier molecular flexibility index (Phi) is 4.66. The molecule has 0 bridgehead atoms. The minimum absolute atomic E-state index is 0.0515. The number of non-ortho nitro benzene ring substituents is 2. The Balaban J connectivity index is 1.97. The van der Waals surface area contributed by atoms with E-state index < -0.39 is 27.1 Å². The Labute approximate surface area is 146 Å². The molecule has 128 valence electrons. The molecule has 0 saturated carbocycles. The molecule has 0 aromatic heterocycles. The highest BCUT2D eigenvalue weighted by molar-refractivity contribution is 7.99. The van der Waals surface area contributed by atoms with E-state index in [0.717, 1.165) is 29.5 Å². The van der Waals surface area contributed by atoms with Crippen LogP contribution in [0.2, 0.25) is 0 Å². The zero-order chi connectivity index (χ0) is 18.0. The van der Waals surface area contributed by atoms with Gasteiger partial charge in [-0.1, -0.05) is 30.3 Å². The number of hydrogen-bond acceptors (Lipinski definition) is 6. The van der Waals surface area contributed by atoms with Crippen LogP contribution >= 0.6 is 11.8 Å². The van der Waals surface area contributed by atoms with Crippen molar-refractivity contribution < 1.29 is 14.6 Å². The van der Waals surface area contributed by atoms with Gasteiger partial charge in [0.05, 0.1) is 21.5 Å². The van der Waals surface area contributed by atoms with Crippen LogP contribution in [-0.4, -0.2) is 33.0 Å². The maximum absolute atomic E-state index is 12.8. The number of benzene rings is 2. The molecule has 1 aliphatic heterocycles. The highest BCUT2D eigenvalue weighted by Gasteiger charge is 2.32. The van der Waals surface area contributed by atoms with Crippen LogP contribution in [0.4, 0.5) is 11.4 Å². The lowest BCUT2D eigenvalue weighted by atomic mass is 10.1. The molecule has 1 unspecified atom stereocenters. The van der Waals surface area contributed by atoms with E-state index in [9.17, 15) is 25.0 Å². The van der Waals surface area contributed by atoms with Crippen LogP contribution < -0.4 is 0 Å². The molecule has 25 heavy (non-hydrogen) atoms. The number of nitro groups is 2. The molecule has 1 saturated heterocycles. The molecule has 1 amide bonds. The minimum Gasteiger partial charge on any atom is -0.322 e. The fourth-order valence-electron chi connectivity index (χ4n) is 2.67. The fraction of sp³-hybridized carbons (Fsp3) is 0.188. The van der Waals surface area contributed by atoms with Gasteiger partial charge in [-0.2, -0.15) is 0 Å². The van der Waals surface area contributed by atoms with Crippen molar-refractivity contribution in [1.82, 2.24) is 4.90 Å². The SMILES string of the molecule is O=C(c1cc([N+](=O)[O-])cc([N+](=O)[O-])c1)N1CCSC1c1ccccc1. The van der Waals surface area contributed by atoms with Crippen molar-refractivity contribution in [2.45, 2.75) is 5.37 Å². The van der Waals surface area contributed by atoms with Crippen molar-refractivity contribution in [3.8, 4) is 0 Å². The number of amides is 1. The molecule has 0 aliphatic carbocycles. The van der Waals surface area contributed by atoms with Gasteiger partial charge in [0.15, 0.2) is 0 Å². The summed E-state index contributed by atoms with van der Waals surface area (Å²) in [5, 5.41) is 21.8. The zero-order valence-electron chi connectivity index (χ0n) is 12.9. The molecule has 3 rings (SSSR count). The second-order valence-corrected chi connectivity index (χ2v) is 6.57. The van der Waals surface area contributed by atoms with Crippen molar-refractivity contribution >= 4 is 29.0 Å². The normalized spacial score (nSPS) is 16.6. The van der Waals surface area contributed by atoms with Gasteiger partial charge in [-0.3, -0.25) is 25.0 Å². The summed E-state index contributed by atoms with van der Waals surface area (Å²) >= 11 is 1.58. The number of rotatable bonds is 4. The molecule has 0 N–H and O–H groups in total. The number of carbonyl (C=O) groups is 1. The maximum atomic E-state index is 12.8. The minimum atomic E-state index is -0.739. The zero-order valence-corrected chi connectivity index (χ0v) is 13.7. The number of hydrogen-bond donors (Lipinski definition) is 0. The first-order valence-corrected chi connectivity index (χ1v) is 8.43. The fourth-order valence-corrected chi connectivity index (χ4v) is 3.92. The number of thioether (sulfide) groups is 1. The lowest BCUT2D eigenvalue weighted by molar-refractivity contribution is -0.394. The molecule has 8 nitrogen and oxygen atoms in total. The number of carbonyl (C=O) groups excluding carboxylic acids is 1. The van der Waals surface area contributed by atoms with Gasteiger partial charge in [0, 0.05) is 24.4 Å². The van der Waals surface area contributed by atoms with Crippen molar-refractivity contribution in [2.75, 3.05) is 12.3 Å². The third-order valence-corrected chi connectivity index (χ3v) is 5.07. The van der Waals surface area contributed by atoms with Crippen LogP contribution in [0.25, 0.3) is 0 Å². The lowest BCUT2D eigenvalue weighted by Gasteiger charge is -2.24. The quantitative estimate of drug-likeness (QED) is 0.612. The molecule has 1 fully saturated rings. The molecule has 1 atom stereocenters.